The number of alkyl halides is 3. The molecule has 0 amide bonds. The van der Waals surface area contributed by atoms with Gasteiger partial charge in [0.15, 0.2) is 23.2 Å². The van der Waals surface area contributed by atoms with Gasteiger partial charge in [-0.1, -0.05) is 127 Å². The van der Waals surface area contributed by atoms with Gasteiger partial charge in [-0.3, -0.25) is 0 Å². The van der Waals surface area contributed by atoms with Crippen LogP contribution in [0.15, 0.2) is 182 Å². The fourth-order valence-corrected chi connectivity index (χ4v) is 8.33. The number of hydrogen-bond donors (Lipinski definition) is 0. The lowest BCUT2D eigenvalue weighted by Gasteiger charge is -2.21. The van der Waals surface area contributed by atoms with Crippen molar-refractivity contribution in [1.29, 1.82) is 5.26 Å². The zero-order valence-electron chi connectivity index (χ0n) is 34.1. The molecule has 0 saturated carbocycles. The number of hydrogen-bond acceptors (Lipinski definition) is 4. The largest absolute Gasteiger partial charge is 0.416 e. The van der Waals surface area contributed by atoms with Crippen LogP contribution in [0.2, 0.25) is 0 Å². The molecule has 2 heterocycles. The first-order valence-electron chi connectivity index (χ1n) is 20.4. The van der Waals surface area contributed by atoms with Crippen LogP contribution >= 0.6 is 0 Å². The van der Waals surface area contributed by atoms with Crippen molar-refractivity contribution in [3.63, 3.8) is 0 Å². The molecule has 0 aliphatic carbocycles. The number of nitriles is 1. The number of nitrogens with zero attached hydrogens (tertiary/aromatic N) is 6. The van der Waals surface area contributed by atoms with E-state index < -0.39 is 11.7 Å². The van der Waals surface area contributed by atoms with Crippen molar-refractivity contribution >= 4 is 27.5 Å². The summed E-state index contributed by atoms with van der Waals surface area (Å²) < 4.78 is 44.3. The number of benzene rings is 8. The van der Waals surface area contributed by atoms with Gasteiger partial charge >= 0.3 is 6.18 Å². The third-order valence-corrected chi connectivity index (χ3v) is 11.3. The lowest BCUT2D eigenvalue weighted by Crippen LogP contribution is -2.05. The average Bonchev–Trinajstić information content (AvgIpc) is 3.67. The molecule has 0 unspecified atom stereocenters. The molecule has 0 saturated heterocycles. The van der Waals surface area contributed by atoms with E-state index in [9.17, 15) is 18.4 Å². The topological polar surface area (TPSA) is 71.8 Å². The molecule has 0 N–H and O–H groups in total. The van der Waals surface area contributed by atoms with Crippen LogP contribution in [0.5, 0.6) is 0 Å². The van der Waals surface area contributed by atoms with Crippen molar-refractivity contribution < 1.29 is 13.2 Å². The van der Waals surface area contributed by atoms with Crippen molar-refractivity contribution in [2.45, 2.75) is 13.1 Å². The number of fused-ring (bicyclic) bond motifs is 3. The third kappa shape index (κ3) is 7.31. The van der Waals surface area contributed by atoms with Gasteiger partial charge in [0.05, 0.1) is 40.5 Å². The van der Waals surface area contributed by atoms with E-state index in [-0.39, 0.29) is 0 Å². The Morgan fingerprint density at radius 3 is 1.62 bits per heavy atom. The minimum absolute atomic E-state index is 0.441. The van der Waals surface area contributed by atoms with E-state index >= 15 is 0 Å². The van der Waals surface area contributed by atoms with Crippen molar-refractivity contribution in [1.82, 2.24) is 19.5 Å². The number of aryl methyl sites for hydroxylation is 1. The second-order valence-corrected chi connectivity index (χ2v) is 15.5. The predicted molar refractivity (Wildman–Crippen MR) is 247 cm³/mol. The summed E-state index contributed by atoms with van der Waals surface area (Å²) in [4.78, 5) is 18.8. The van der Waals surface area contributed by atoms with Crippen LogP contribution in [-0.4, -0.2) is 19.5 Å². The van der Waals surface area contributed by atoms with Gasteiger partial charge in [0, 0.05) is 38.6 Å². The molecule has 0 atom stereocenters. The Labute approximate surface area is 366 Å². The van der Waals surface area contributed by atoms with E-state index in [1.54, 1.807) is 37.3 Å². The second-order valence-electron chi connectivity index (χ2n) is 15.5. The zero-order valence-corrected chi connectivity index (χ0v) is 34.1. The first-order chi connectivity index (χ1) is 31.1. The number of rotatable bonds is 7. The molecular formula is C55H33F3N6. The molecule has 0 fully saturated rings. The van der Waals surface area contributed by atoms with E-state index in [0.717, 1.165) is 66.9 Å². The highest BCUT2D eigenvalue weighted by Gasteiger charge is 2.31. The summed E-state index contributed by atoms with van der Waals surface area (Å²) in [7, 11) is 0. The van der Waals surface area contributed by atoms with Crippen LogP contribution in [-0.2, 0) is 6.18 Å². The number of halogens is 3. The highest BCUT2D eigenvalue weighted by molar-refractivity contribution is 6.12. The molecular weight excluding hydrogens is 802 g/mol. The van der Waals surface area contributed by atoms with Crippen LogP contribution in [0.4, 0.5) is 18.9 Å². The summed E-state index contributed by atoms with van der Waals surface area (Å²) in [6.07, 6.45) is -4.49. The Kier molecular flexibility index (Phi) is 9.86. The Morgan fingerprint density at radius 2 is 1.05 bits per heavy atom. The minimum Gasteiger partial charge on any atom is -0.308 e. The SMILES string of the molecule is [C-]#[N+]c1ccc(-c2cc(-c3nc(-c4ccccc4)nc(-c4ccccc4)n3)cc(-c3ccc(C#N)cc3)c2-n2c3ccccc3c3cc(-c4cc(C)cc(C(F)(F)F)c4)ccc32)cc1. The average molecular weight is 835 g/mol. The maximum absolute atomic E-state index is 14.0. The molecule has 9 heteroatoms. The van der Waals surface area contributed by atoms with Crippen LogP contribution in [0.25, 0.3) is 99.9 Å². The molecule has 6 nitrogen and oxygen atoms in total. The van der Waals surface area contributed by atoms with E-state index in [2.05, 4.69) is 27.6 Å². The maximum Gasteiger partial charge on any atom is 0.416 e. The fraction of sp³-hybridized carbons (Fsp3) is 0.0364. The molecule has 0 bridgehead atoms. The first kappa shape index (κ1) is 39.5. The predicted octanol–water partition coefficient (Wildman–Crippen LogP) is 14.7. The molecule has 8 aromatic carbocycles. The monoisotopic (exact) mass is 834 g/mol. The summed E-state index contributed by atoms with van der Waals surface area (Å²) in [5, 5.41) is 11.6. The van der Waals surface area contributed by atoms with Gasteiger partial charge in [0.1, 0.15) is 0 Å². The van der Waals surface area contributed by atoms with Crippen molar-refractivity contribution in [2.24, 2.45) is 0 Å². The molecule has 0 aliphatic heterocycles. The Hall–Kier alpha value is -8.66. The minimum atomic E-state index is -4.49. The standard InChI is InChI=1S/C55H33F3N6/c1-34-27-41(29-43(28-34)55(56,57)58)40-23-26-50-48(30-40)45-15-9-10-16-49(45)64(50)51-46(36-19-17-35(33-59)18-20-36)31-42(32-47(51)37-21-24-44(60-2)25-22-37)54-62-52(38-11-5-3-6-12-38)61-53(63-54)39-13-7-4-8-14-39/h3-32H,1H3. The van der Waals surface area contributed by atoms with Crippen molar-refractivity contribution in [2.75, 3.05) is 0 Å². The van der Waals surface area contributed by atoms with Crippen LogP contribution in [0.3, 0.4) is 0 Å². The number of aromatic nitrogens is 4. The molecule has 10 rings (SSSR count). The van der Waals surface area contributed by atoms with E-state index in [1.165, 1.54) is 6.07 Å². The second kappa shape index (κ2) is 16.0. The quantitative estimate of drug-likeness (QED) is 0.150. The van der Waals surface area contributed by atoms with E-state index in [0.29, 0.717) is 51.0 Å². The van der Waals surface area contributed by atoms with Crippen LogP contribution in [0, 0.1) is 24.8 Å². The summed E-state index contributed by atoms with van der Waals surface area (Å²) in [5.74, 6) is 1.45. The lowest BCUT2D eigenvalue weighted by atomic mass is 9.92. The van der Waals surface area contributed by atoms with Crippen LogP contribution < -0.4 is 0 Å². The summed E-state index contributed by atoms with van der Waals surface area (Å²) in [5.41, 5.74) is 10.0. The van der Waals surface area contributed by atoms with Gasteiger partial charge in [-0.2, -0.15) is 18.4 Å². The van der Waals surface area contributed by atoms with Gasteiger partial charge in [0.2, 0.25) is 0 Å². The smallest absolute Gasteiger partial charge is 0.308 e. The third-order valence-electron chi connectivity index (χ3n) is 11.3. The van der Waals surface area contributed by atoms with Gasteiger partial charge < -0.3 is 4.57 Å². The summed E-state index contributed by atoms with van der Waals surface area (Å²) >= 11 is 0. The molecule has 304 valence electrons. The van der Waals surface area contributed by atoms with Gasteiger partial charge in [-0.25, -0.2) is 19.8 Å². The van der Waals surface area contributed by atoms with Gasteiger partial charge in [-0.15, -0.1) is 0 Å². The van der Waals surface area contributed by atoms with Crippen molar-refractivity contribution in [3.8, 4) is 79.3 Å². The zero-order chi connectivity index (χ0) is 44.0. The van der Waals surface area contributed by atoms with E-state index in [1.807, 2.05) is 127 Å². The molecule has 10 aromatic rings. The Morgan fingerprint density at radius 1 is 0.516 bits per heavy atom. The molecule has 2 aromatic heterocycles. The first-order valence-corrected chi connectivity index (χ1v) is 20.4. The Bertz CT molecular complexity index is 3350. The molecule has 0 radical (unpaired) electrons. The normalized spacial score (nSPS) is 11.4. The van der Waals surface area contributed by atoms with Crippen molar-refractivity contribution in [3.05, 3.63) is 210 Å². The Balaban J connectivity index is 1.30. The van der Waals surface area contributed by atoms with E-state index in [4.69, 9.17) is 21.5 Å². The van der Waals surface area contributed by atoms with Crippen LogP contribution in [0.1, 0.15) is 16.7 Å². The molecule has 0 aliphatic rings. The highest BCUT2D eigenvalue weighted by atomic mass is 19.4. The lowest BCUT2D eigenvalue weighted by molar-refractivity contribution is -0.137. The summed E-state index contributed by atoms with van der Waals surface area (Å²) in [6, 6.07) is 58.7. The van der Waals surface area contributed by atoms with Gasteiger partial charge in [0.25, 0.3) is 0 Å². The number of para-hydroxylation sites is 1. The van der Waals surface area contributed by atoms with Gasteiger partial charge in [-0.05, 0) is 89.3 Å². The molecule has 0 spiro atoms. The fourth-order valence-electron chi connectivity index (χ4n) is 8.33. The summed E-state index contributed by atoms with van der Waals surface area (Å²) in [6.45, 7) is 9.39. The molecule has 64 heavy (non-hydrogen) atoms. The maximum atomic E-state index is 14.0. The highest BCUT2D eigenvalue weighted by Crippen LogP contribution is 2.45.